The summed E-state index contributed by atoms with van der Waals surface area (Å²) in [6, 6.07) is 2.95. The lowest BCUT2D eigenvalue weighted by atomic mass is 10.4. The van der Waals surface area contributed by atoms with Gasteiger partial charge in [-0.25, -0.2) is 9.07 Å². The van der Waals surface area contributed by atoms with Gasteiger partial charge in [-0.15, -0.1) is 0 Å². The minimum absolute atomic E-state index is 0.410. The standard InChI is InChI=1S/C8H7FN4/c9-6-3-7(5-11-4-6)13-8(10)1-2-12-13/h1-5H,10H2. The van der Waals surface area contributed by atoms with Crippen LogP contribution in [0.2, 0.25) is 0 Å². The Balaban J connectivity index is 2.53. The summed E-state index contributed by atoms with van der Waals surface area (Å²) in [5.41, 5.74) is 6.09. The molecule has 0 radical (unpaired) electrons. The molecule has 0 fully saturated rings. The van der Waals surface area contributed by atoms with Crippen molar-refractivity contribution in [2.75, 3.05) is 5.73 Å². The summed E-state index contributed by atoms with van der Waals surface area (Å²) in [6.45, 7) is 0. The van der Waals surface area contributed by atoms with Gasteiger partial charge >= 0.3 is 0 Å². The molecule has 0 aliphatic rings. The van der Waals surface area contributed by atoms with Crippen LogP contribution in [0.15, 0.2) is 30.7 Å². The van der Waals surface area contributed by atoms with Gasteiger partial charge in [-0.3, -0.25) is 4.98 Å². The molecule has 0 unspecified atom stereocenters. The summed E-state index contributed by atoms with van der Waals surface area (Å²) >= 11 is 0. The largest absolute Gasteiger partial charge is 0.384 e. The van der Waals surface area contributed by atoms with E-state index in [2.05, 4.69) is 10.1 Å². The topological polar surface area (TPSA) is 56.7 Å². The summed E-state index contributed by atoms with van der Waals surface area (Å²) in [5.74, 6) is 0.0415. The molecule has 0 aliphatic heterocycles. The SMILES string of the molecule is Nc1ccnn1-c1cncc(F)c1. The smallest absolute Gasteiger partial charge is 0.143 e. The zero-order chi connectivity index (χ0) is 9.26. The molecule has 2 aromatic rings. The van der Waals surface area contributed by atoms with E-state index in [4.69, 9.17) is 5.73 Å². The Morgan fingerprint density at radius 2 is 2.23 bits per heavy atom. The number of pyridine rings is 1. The molecule has 4 nitrogen and oxygen atoms in total. The van der Waals surface area contributed by atoms with E-state index in [9.17, 15) is 4.39 Å². The highest BCUT2D eigenvalue weighted by atomic mass is 19.1. The minimum atomic E-state index is -0.410. The molecule has 0 aromatic carbocycles. The first kappa shape index (κ1) is 7.72. The molecule has 0 spiro atoms. The van der Waals surface area contributed by atoms with Crippen molar-refractivity contribution in [3.05, 3.63) is 36.5 Å². The number of rotatable bonds is 1. The molecule has 0 saturated heterocycles. The van der Waals surface area contributed by atoms with Crippen LogP contribution in [0.25, 0.3) is 5.69 Å². The van der Waals surface area contributed by atoms with Crippen LogP contribution in [0.5, 0.6) is 0 Å². The number of halogens is 1. The zero-order valence-corrected chi connectivity index (χ0v) is 6.68. The zero-order valence-electron chi connectivity index (χ0n) is 6.68. The summed E-state index contributed by atoms with van der Waals surface area (Å²) in [4.78, 5) is 3.69. The average molecular weight is 178 g/mol. The van der Waals surface area contributed by atoms with Gasteiger partial charge in [-0.2, -0.15) is 5.10 Å². The van der Waals surface area contributed by atoms with Crippen molar-refractivity contribution in [1.29, 1.82) is 0 Å². The van der Waals surface area contributed by atoms with Gasteiger partial charge in [0.05, 0.1) is 24.3 Å². The van der Waals surface area contributed by atoms with E-state index in [1.807, 2.05) is 0 Å². The lowest BCUT2D eigenvalue weighted by Crippen LogP contribution is -2.02. The molecule has 0 aliphatic carbocycles. The molecule has 2 rings (SSSR count). The van der Waals surface area contributed by atoms with Crippen molar-refractivity contribution >= 4 is 5.82 Å². The number of hydrogen-bond donors (Lipinski definition) is 1. The van der Waals surface area contributed by atoms with E-state index in [0.29, 0.717) is 11.5 Å². The maximum Gasteiger partial charge on any atom is 0.143 e. The summed E-state index contributed by atoms with van der Waals surface area (Å²) in [6.07, 6.45) is 4.16. The van der Waals surface area contributed by atoms with Crippen molar-refractivity contribution < 1.29 is 4.39 Å². The van der Waals surface area contributed by atoms with Crippen LogP contribution in [0.4, 0.5) is 10.2 Å². The molecule has 13 heavy (non-hydrogen) atoms. The Kier molecular flexibility index (Phi) is 1.70. The monoisotopic (exact) mass is 178 g/mol. The van der Waals surface area contributed by atoms with Crippen LogP contribution >= 0.6 is 0 Å². The Morgan fingerprint density at radius 1 is 1.38 bits per heavy atom. The van der Waals surface area contributed by atoms with Crippen molar-refractivity contribution in [1.82, 2.24) is 14.8 Å². The highest BCUT2D eigenvalue weighted by molar-refractivity contribution is 5.39. The fourth-order valence-corrected chi connectivity index (χ4v) is 1.05. The van der Waals surface area contributed by atoms with Crippen molar-refractivity contribution in [2.45, 2.75) is 0 Å². The van der Waals surface area contributed by atoms with Gasteiger partial charge in [0.1, 0.15) is 11.6 Å². The quantitative estimate of drug-likeness (QED) is 0.708. The summed E-state index contributed by atoms with van der Waals surface area (Å²) in [5, 5.41) is 3.91. The van der Waals surface area contributed by atoms with Gasteiger partial charge in [0.15, 0.2) is 0 Å². The fourth-order valence-electron chi connectivity index (χ4n) is 1.05. The molecular formula is C8H7FN4. The number of anilines is 1. The predicted octanol–water partition coefficient (Wildman–Crippen LogP) is 0.989. The number of hydrogen-bond acceptors (Lipinski definition) is 3. The maximum absolute atomic E-state index is 12.7. The third-order valence-corrected chi connectivity index (χ3v) is 1.61. The highest BCUT2D eigenvalue weighted by Gasteiger charge is 2.02. The maximum atomic E-state index is 12.7. The Morgan fingerprint density at radius 3 is 2.85 bits per heavy atom. The van der Waals surface area contributed by atoms with Gasteiger partial charge in [0, 0.05) is 12.1 Å². The molecule has 0 atom stereocenters. The molecule has 2 heterocycles. The second-order valence-electron chi connectivity index (χ2n) is 2.53. The third-order valence-electron chi connectivity index (χ3n) is 1.61. The lowest BCUT2D eigenvalue weighted by molar-refractivity contribution is 0.618. The van der Waals surface area contributed by atoms with Crippen LogP contribution < -0.4 is 5.73 Å². The molecular weight excluding hydrogens is 171 g/mol. The number of aromatic nitrogens is 3. The molecule has 0 saturated carbocycles. The second-order valence-corrected chi connectivity index (χ2v) is 2.53. The summed E-state index contributed by atoms with van der Waals surface area (Å²) in [7, 11) is 0. The van der Waals surface area contributed by atoms with Crippen LogP contribution in [0.1, 0.15) is 0 Å². The van der Waals surface area contributed by atoms with Gasteiger partial charge < -0.3 is 5.73 Å². The van der Waals surface area contributed by atoms with Gasteiger partial charge in [0.25, 0.3) is 0 Å². The molecule has 2 aromatic heterocycles. The van der Waals surface area contributed by atoms with Crippen LogP contribution in [-0.2, 0) is 0 Å². The molecule has 0 bridgehead atoms. The first-order valence-corrected chi connectivity index (χ1v) is 3.68. The number of nitrogens with two attached hydrogens (primary N) is 1. The van der Waals surface area contributed by atoms with Crippen LogP contribution in [-0.4, -0.2) is 14.8 Å². The van der Waals surface area contributed by atoms with Crippen LogP contribution in [0.3, 0.4) is 0 Å². The van der Waals surface area contributed by atoms with Crippen molar-refractivity contribution in [3.63, 3.8) is 0 Å². The Bertz CT molecular complexity index is 424. The van der Waals surface area contributed by atoms with Gasteiger partial charge in [-0.1, -0.05) is 0 Å². The third kappa shape index (κ3) is 1.35. The van der Waals surface area contributed by atoms with Gasteiger partial charge in [-0.05, 0) is 0 Å². The summed E-state index contributed by atoms with van der Waals surface area (Å²) < 4.78 is 14.2. The molecule has 0 amide bonds. The molecule has 2 N–H and O–H groups in total. The average Bonchev–Trinajstić information content (AvgIpc) is 2.51. The van der Waals surface area contributed by atoms with E-state index in [0.717, 1.165) is 6.20 Å². The van der Waals surface area contributed by atoms with E-state index >= 15 is 0 Å². The number of nitrogen functional groups attached to an aromatic ring is 1. The van der Waals surface area contributed by atoms with E-state index in [1.54, 1.807) is 12.3 Å². The minimum Gasteiger partial charge on any atom is -0.384 e. The Labute approximate surface area is 73.8 Å². The molecule has 5 heteroatoms. The first-order valence-electron chi connectivity index (χ1n) is 3.68. The molecule has 66 valence electrons. The van der Waals surface area contributed by atoms with Crippen molar-refractivity contribution in [3.8, 4) is 5.69 Å². The number of nitrogens with zero attached hydrogens (tertiary/aromatic N) is 3. The van der Waals surface area contributed by atoms with Crippen molar-refractivity contribution in [2.24, 2.45) is 0 Å². The first-order chi connectivity index (χ1) is 6.27. The lowest BCUT2D eigenvalue weighted by Gasteiger charge is -2.02. The van der Waals surface area contributed by atoms with E-state index < -0.39 is 5.82 Å². The Hall–Kier alpha value is -1.91. The van der Waals surface area contributed by atoms with E-state index in [-0.39, 0.29) is 0 Å². The van der Waals surface area contributed by atoms with E-state index in [1.165, 1.54) is 16.9 Å². The highest BCUT2D eigenvalue weighted by Crippen LogP contribution is 2.10. The predicted molar refractivity (Wildman–Crippen MR) is 45.7 cm³/mol. The fraction of sp³-hybridized carbons (Fsp3) is 0. The van der Waals surface area contributed by atoms with Gasteiger partial charge in [0.2, 0.25) is 0 Å². The second kappa shape index (κ2) is 2.85. The normalized spacial score (nSPS) is 10.2. The van der Waals surface area contributed by atoms with Crippen LogP contribution in [0, 0.1) is 5.82 Å².